The molecule has 7 heterocycles. The molecule has 2 fully saturated rings. The largest absolute Gasteiger partial charge is 0.493 e. The fourth-order valence-corrected chi connectivity index (χ4v) is 11.7. The van der Waals surface area contributed by atoms with Crippen molar-refractivity contribution in [3.05, 3.63) is 107 Å². The molecule has 4 bridgehead atoms. The Balaban J connectivity index is 0.842. The summed E-state index contributed by atoms with van der Waals surface area (Å²) in [7, 11) is 3.75. The number of thiophene rings is 1. The number of carboxylic acids is 1. The highest BCUT2D eigenvalue weighted by molar-refractivity contribution is 7.22. The van der Waals surface area contributed by atoms with Gasteiger partial charge in [-0.15, -0.1) is 11.3 Å². The number of likely N-dealkylation sites (N-methyl/N-ethyl adjacent to an activating group) is 1. The van der Waals surface area contributed by atoms with Crippen LogP contribution in [-0.4, -0.2) is 210 Å². The number of piperazine rings is 1. The van der Waals surface area contributed by atoms with Crippen molar-refractivity contribution in [2.75, 3.05) is 146 Å². The minimum absolute atomic E-state index is 0.00450. The molecular weight excluding hydrogens is 1150 g/mol. The minimum atomic E-state index is -1.47. The Labute approximate surface area is 509 Å². The number of halogens is 2. The summed E-state index contributed by atoms with van der Waals surface area (Å²) in [6, 6.07) is 16.7. The van der Waals surface area contributed by atoms with E-state index in [0.29, 0.717) is 171 Å². The Kier molecular flexibility index (Phi) is 24.8. The number of nitrogens with zero attached hydrogens (tertiary/aromatic N) is 7. The number of carboxylic acid groups (broad SMARTS) is 1. The molecule has 0 radical (unpaired) electrons. The van der Waals surface area contributed by atoms with Gasteiger partial charge in [-0.25, -0.2) is 29.1 Å². The third-order valence-electron chi connectivity index (χ3n) is 14.9. The maximum atomic E-state index is 14.4. The molecule has 21 nitrogen and oxygen atoms in total. The van der Waals surface area contributed by atoms with E-state index in [9.17, 15) is 19.1 Å². The van der Waals surface area contributed by atoms with Crippen molar-refractivity contribution in [3.63, 3.8) is 0 Å². The summed E-state index contributed by atoms with van der Waals surface area (Å²) in [6.45, 7) is 12.8. The van der Waals surface area contributed by atoms with Crippen molar-refractivity contribution in [2.45, 2.75) is 63.9 Å². The number of likely N-dealkylation sites (tertiary alicyclic amines) is 1. The molecule has 0 spiro atoms. The van der Waals surface area contributed by atoms with Crippen LogP contribution in [0.4, 0.5) is 4.39 Å². The van der Waals surface area contributed by atoms with Crippen molar-refractivity contribution in [2.24, 2.45) is 0 Å². The first-order valence-corrected chi connectivity index (χ1v) is 30.5. The molecule has 3 aromatic carbocycles. The molecule has 0 unspecified atom stereocenters. The van der Waals surface area contributed by atoms with Gasteiger partial charge in [-0.1, -0.05) is 29.8 Å². The van der Waals surface area contributed by atoms with Gasteiger partial charge in [0, 0.05) is 81.4 Å². The number of hydrogen-bond donors (Lipinski definition) is 1. The Hall–Kier alpha value is -6.22. The Morgan fingerprint density at radius 3 is 2.16 bits per heavy atom. The lowest BCUT2D eigenvalue weighted by molar-refractivity contribution is -0.145. The van der Waals surface area contributed by atoms with E-state index >= 15 is 0 Å². The maximum absolute atomic E-state index is 14.4. The van der Waals surface area contributed by atoms with Gasteiger partial charge in [-0.2, -0.15) is 0 Å². The number of rotatable bonds is 29. The maximum Gasteiger partial charge on any atom is 0.345 e. The molecule has 464 valence electrons. The van der Waals surface area contributed by atoms with Gasteiger partial charge in [0.15, 0.2) is 5.82 Å². The van der Waals surface area contributed by atoms with E-state index in [1.54, 1.807) is 49.7 Å². The third-order valence-corrected chi connectivity index (χ3v) is 16.6. The van der Waals surface area contributed by atoms with Crippen molar-refractivity contribution in [3.8, 4) is 44.7 Å². The summed E-state index contributed by atoms with van der Waals surface area (Å²) in [4.78, 5) is 53.5. The lowest BCUT2D eigenvalue weighted by Gasteiger charge is -2.34. The predicted octanol–water partition coefficient (Wildman–Crippen LogP) is 8.15. The van der Waals surface area contributed by atoms with Gasteiger partial charge in [0.05, 0.1) is 121 Å². The number of fused-ring (bicyclic) bond motifs is 8. The molecule has 0 aliphatic carbocycles. The summed E-state index contributed by atoms with van der Waals surface area (Å²) in [5, 5.41) is 11.8. The van der Waals surface area contributed by atoms with Crippen LogP contribution in [0.1, 0.15) is 54.4 Å². The van der Waals surface area contributed by atoms with Crippen LogP contribution >= 0.6 is 22.9 Å². The molecule has 6 aromatic rings. The number of aromatic nitrogens is 4. The molecule has 10 rings (SSSR count). The summed E-state index contributed by atoms with van der Waals surface area (Å²) in [5.74, 6) is 0.243. The first-order chi connectivity index (χ1) is 42.0. The number of aliphatic carboxylic acids is 1. The number of carbonyl (C=O) groups excluding carboxylic acids is 1. The van der Waals surface area contributed by atoms with Crippen molar-refractivity contribution < 1.29 is 71.2 Å². The zero-order valence-electron chi connectivity index (χ0n) is 49.1. The Morgan fingerprint density at radius 2 is 1.48 bits per heavy atom. The van der Waals surface area contributed by atoms with Crippen LogP contribution < -0.4 is 18.9 Å². The first kappa shape index (κ1) is 64.3. The zero-order valence-corrected chi connectivity index (χ0v) is 50.7. The summed E-state index contributed by atoms with van der Waals surface area (Å²) >= 11 is 8.63. The van der Waals surface area contributed by atoms with Gasteiger partial charge in [0.25, 0.3) is 0 Å². The molecular formula is C62H77ClFN7O14S. The van der Waals surface area contributed by atoms with Crippen molar-refractivity contribution in [1.29, 1.82) is 0 Å². The molecule has 3 aromatic heterocycles. The number of methoxy groups -OCH3 is 1. The van der Waals surface area contributed by atoms with Gasteiger partial charge in [0.1, 0.15) is 46.9 Å². The average Bonchev–Trinajstić information content (AvgIpc) is 4.35. The number of hydrogen-bond acceptors (Lipinski definition) is 20. The van der Waals surface area contributed by atoms with Gasteiger partial charge in [-0.05, 0) is 86.0 Å². The predicted molar refractivity (Wildman–Crippen MR) is 320 cm³/mol. The highest BCUT2D eigenvalue weighted by Crippen LogP contribution is 2.50. The summed E-state index contributed by atoms with van der Waals surface area (Å²) in [6.07, 6.45) is 3.25. The fourth-order valence-electron chi connectivity index (χ4n) is 10.3. The monoisotopic (exact) mass is 1230 g/mol. The van der Waals surface area contributed by atoms with E-state index in [4.69, 9.17) is 68.7 Å². The molecule has 2 saturated heterocycles. The topological polar surface area (TPSA) is 217 Å². The summed E-state index contributed by atoms with van der Waals surface area (Å²) < 4.78 is 78.9. The summed E-state index contributed by atoms with van der Waals surface area (Å²) in [5.41, 5.74) is 3.86. The average molecular weight is 1230 g/mol. The second kappa shape index (κ2) is 33.2. The van der Waals surface area contributed by atoms with Crippen LogP contribution in [0.5, 0.6) is 23.1 Å². The number of carbonyl (C=O) groups is 2. The highest BCUT2D eigenvalue weighted by Gasteiger charge is 2.33. The molecule has 1 N–H and O–H groups in total. The second-order valence-corrected chi connectivity index (χ2v) is 22.4. The fraction of sp³-hybridized carbons (Fsp3) is 0.516. The molecule has 0 saturated carbocycles. The second-order valence-electron chi connectivity index (χ2n) is 21.0. The van der Waals surface area contributed by atoms with Crippen molar-refractivity contribution >= 4 is 45.0 Å². The van der Waals surface area contributed by atoms with Crippen LogP contribution in [0, 0.1) is 12.7 Å². The number of amides is 1. The number of benzene rings is 3. The van der Waals surface area contributed by atoms with Crippen LogP contribution in [0.25, 0.3) is 31.8 Å². The van der Waals surface area contributed by atoms with Crippen LogP contribution in [0.3, 0.4) is 0 Å². The van der Waals surface area contributed by atoms with Gasteiger partial charge < -0.3 is 67.0 Å². The van der Waals surface area contributed by atoms with E-state index in [0.717, 1.165) is 43.0 Å². The Bertz CT molecular complexity index is 3120. The normalized spacial score (nSPS) is 17.7. The van der Waals surface area contributed by atoms with Crippen LogP contribution in [-0.2, 0) is 55.8 Å². The van der Waals surface area contributed by atoms with Crippen LogP contribution in [0.2, 0.25) is 5.02 Å². The molecule has 4 aliphatic heterocycles. The van der Waals surface area contributed by atoms with E-state index < -0.39 is 17.9 Å². The quantitative estimate of drug-likeness (QED) is 0.0438. The van der Waals surface area contributed by atoms with E-state index in [2.05, 4.69) is 31.8 Å². The third kappa shape index (κ3) is 18.2. The first-order valence-electron chi connectivity index (χ1n) is 29.3. The zero-order chi connectivity index (χ0) is 60.0. The molecule has 4 aliphatic rings. The lowest BCUT2D eigenvalue weighted by Crippen LogP contribution is -2.48. The number of ether oxygens (including phenoxy) is 11. The molecule has 24 heteroatoms. The van der Waals surface area contributed by atoms with E-state index in [1.807, 2.05) is 24.0 Å². The SMILES string of the molecule is COCCOCCOCCOCCOCCOCCOCCC(=O)N1CCC[C@@H]1c1nccc(COc2ccc3cc2C[C@H](C(=O)O)Oc2ncnc4sc(-c5ccc(F)cc5)c(c24)-c2ccc(c(Cl)c2C)O[C@H](CN2CCN(C)CC2)CCO3)n1. The molecule has 1 amide bonds. The molecule has 3 atom stereocenters. The van der Waals surface area contributed by atoms with Gasteiger partial charge in [-0.3, -0.25) is 9.69 Å². The standard InChI is InChI=1S/C62H77ClFN7O14S/c1-42-49-11-13-52(57(42)63)84-48(39-70-21-19-69(2)20-22-70)15-24-82-47-10-12-51(44(37-47)38-53(62(73)74)85-60-56-55(49)58(86-61(56)67-41-66-60)43-6-8-45(64)9-7-43)83-40-46-14-17-65-59(68-46)50-5-4-18-71(50)54(72)16-23-76-27-28-78-31-32-80-35-36-81-34-33-79-30-29-77-26-25-75-3/h6-14,17,37,41,48,50,53H,4-5,15-16,18-36,38-40H2,1-3H3,(H,73,74)/t48-,50+,53+/m0/s1. The highest BCUT2D eigenvalue weighted by atomic mass is 35.5. The van der Waals surface area contributed by atoms with E-state index in [-0.39, 0.29) is 56.6 Å². The smallest absolute Gasteiger partial charge is 0.345 e. The molecule has 86 heavy (non-hydrogen) atoms. The minimum Gasteiger partial charge on any atom is -0.493 e. The lowest BCUT2D eigenvalue weighted by atomic mass is 9.95. The van der Waals surface area contributed by atoms with Crippen molar-refractivity contribution in [1.82, 2.24) is 34.6 Å². The van der Waals surface area contributed by atoms with Gasteiger partial charge >= 0.3 is 5.97 Å². The van der Waals surface area contributed by atoms with Gasteiger partial charge in [0.2, 0.25) is 17.9 Å². The van der Waals surface area contributed by atoms with E-state index in [1.165, 1.54) is 29.8 Å². The van der Waals surface area contributed by atoms with Crippen LogP contribution in [0.15, 0.2) is 73.2 Å². The Morgan fingerprint density at radius 1 is 0.791 bits per heavy atom.